The molecule has 0 radical (unpaired) electrons. The van der Waals surface area contributed by atoms with E-state index >= 15 is 0 Å². The molecule has 4 heteroatoms. The van der Waals surface area contributed by atoms with Gasteiger partial charge in [-0.05, 0) is 49.8 Å². The minimum Gasteiger partial charge on any atom is -0.324 e. The normalized spacial score (nSPS) is 13.0. The molecule has 0 aromatic carbocycles. The molecule has 2 aromatic heterocycles. The van der Waals surface area contributed by atoms with Crippen LogP contribution in [0, 0.1) is 20.8 Å². The molecule has 2 aromatic rings. The van der Waals surface area contributed by atoms with Crippen LogP contribution in [0.5, 0.6) is 0 Å². The molecular formula is C13H19N3S. The maximum atomic E-state index is 6.26. The minimum absolute atomic E-state index is 0.0709. The number of aryl methyl sites for hydroxylation is 3. The number of thiophene rings is 1. The lowest BCUT2D eigenvalue weighted by Crippen LogP contribution is -2.13. The first kappa shape index (κ1) is 12.3. The van der Waals surface area contributed by atoms with E-state index in [9.17, 15) is 0 Å². The van der Waals surface area contributed by atoms with Gasteiger partial charge < -0.3 is 5.73 Å². The third-order valence-electron chi connectivity index (χ3n) is 3.26. The van der Waals surface area contributed by atoms with Gasteiger partial charge in [-0.25, -0.2) is 0 Å². The molecule has 0 saturated heterocycles. The molecular weight excluding hydrogens is 230 g/mol. The Hall–Kier alpha value is -1.13. The zero-order valence-corrected chi connectivity index (χ0v) is 11.6. The number of aromatic nitrogens is 2. The molecule has 0 saturated carbocycles. The van der Waals surface area contributed by atoms with Crippen LogP contribution in [0.2, 0.25) is 0 Å². The Labute approximate surface area is 106 Å². The van der Waals surface area contributed by atoms with Crippen molar-refractivity contribution >= 4 is 11.3 Å². The summed E-state index contributed by atoms with van der Waals surface area (Å²) in [5, 5.41) is 6.58. The largest absolute Gasteiger partial charge is 0.324 e. The molecule has 92 valence electrons. The third-order valence-corrected chi connectivity index (χ3v) is 4.14. The van der Waals surface area contributed by atoms with Gasteiger partial charge in [-0.1, -0.05) is 0 Å². The SMILES string of the molecule is Cc1cc(C(N)Cc2c(C)nn(C)c2C)cs1. The second-order valence-corrected chi connectivity index (χ2v) is 5.69. The monoisotopic (exact) mass is 249 g/mol. The van der Waals surface area contributed by atoms with Crippen LogP contribution in [-0.4, -0.2) is 9.78 Å². The van der Waals surface area contributed by atoms with E-state index in [1.807, 2.05) is 18.7 Å². The summed E-state index contributed by atoms with van der Waals surface area (Å²) in [6.07, 6.45) is 0.863. The summed E-state index contributed by atoms with van der Waals surface area (Å²) in [4.78, 5) is 1.31. The summed E-state index contributed by atoms with van der Waals surface area (Å²) in [5.41, 5.74) is 11.1. The Kier molecular flexibility index (Phi) is 3.35. The highest BCUT2D eigenvalue weighted by atomic mass is 32.1. The van der Waals surface area contributed by atoms with Gasteiger partial charge in [-0.3, -0.25) is 4.68 Å². The topological polar surface area (TPSA) is 43.8 Å². The molecule has 0 aliphatic rings. The van der Waals surface area contributed by atoms with Gasteiger partial charge in [0.1, 0.15) is 0 Å². The van der Waals surface area contributed by atoms with Crippen LogP contribution in [0.1, 0.15) is 33.4 Å². The number of rotatable bonds is 3. The molecule has 0 aliphatic heterocycles. The van der Waals surface area contributed by atoms with Crippen LogP contribution in [-0.2, 0) is 13.5 Å². The molecule has 1 unspecified atom stereocenters. The molecule has 0 amide bonds. The predicted molar refractivity (Wildman–Crippen MR) is 72.4 cm³/mol. The van der Waals surface area contributed by atoms with Crippen molar-refractivity contribution in [2.75, 3.05) is 0 Å². The van der Waals surface area contributed by atoms with E-state index in [1.54, 1.807) is 11.3 Å². The fraction of sp³-hybridized carbons (Fsp3) is 0.462. The Bertz CT molecular complexity index is 525. The van der Waals surface area contributed by atoms with Crippen LogP contribution in [0.4, 0.5) is 0 Å². The van der Waals surface area contributed by atoms with E-state index in [1.165, 1.54) is 21.7 Å². The second kappa shape index (κ2) is 4.63. The summed E-state index contributed by atoms with van der Waals surface area (Å²) >= 11 is 1.76. The highest BCUT2D eigenvalue weighted by molar-refractivity contribution is 7.10. The maximum absolute atomic E-state index is 6.26. The molecule has 0 spiro atoms. The summed E-state index contributed by atoms with van der Waals surface area (Å²) in [7, 11) is 1.98. The Morgan fingerprint density at radius 2 is 2.12 bits per heavy atom. The second-order valence-electron chi connectivity index (χ2n) is 4.57. The molecule has 0 aliphatic carbocycles. The Balaban J connectivity index is 2.21. The third kappa shape index (κ3) is 2.42. The lowest BCUT2D eigenvalue weighted by atomic mass is 10.0. The number of nitrogens with two attached hydrogens (primary N) is 1. The van der Waals surface area contributed by atoms with Gasteiger partial charge in [0.25, 0.3) is 0 Å². The van der Waals surface area contributed by atoms with Crippen LogP contribution >= 0.6 is 11.3 Å². The number of hydrogen-bond acceptors (Lipinski definition) is 3. The van der Waals surface area contributed by atoms with E-state index in [4.69, 9.17) is 5.73 Å². The molecule has 1 atom stereocenters. The zero-order chi connectivity index (χ0) is 12.6. The fourth-order valence-electron chi connectivity index (χ4n) is 2.11. The van der Waals surface area contributed by atoms with E-state index in [2.05, 4.69) is 30.4 Å². The van der Waals surface area contributed by atoms with Crippen molar-refractivity contribution in [3.8, 4) is 0 Å². The molecule has 17 heavy (non-hydrogen) atoms. The molecule has 3 nitrogen and oxygen atoms in total. The molecule has 2 N–H and O–H groups in total. The van der Waals surface area contributed by atoms with Crippen molar-refractivity contribution < 1.29 is 0 Å². The first-order chi connectivity index (χ1) is 7.99. The Morgan fingerprint density at radius 1 is 1.41 bits per heavy atom. The zero-order valence-electron chi connectivity index (χ0n) is 10.8. The first-order valence-corrected chi connectivity index (χ1v) is 6.66. The van der Waals surface area contributed by atoms with Crippen LogP contribution < -0.4 is 5.73 Å². The summed E-state index contributed by atoms with van der Waals surface area (Å²) in [5.74, 6) is 0. The van der Waals surface area contributed by atoms with Gasteiger partial charge in [0.05, 0.1) is 5.69 Å². The molecule has 0 fully saturated rings. The van der Waals surface area contributed by atoms with E-state index in [-0.39, 0.29) is 6.04 Å². The molecule has 2 heterocycles. The maximum Gasteiger partial charge on any atom is 0.0629 e. The molecule has 0 bridgehead atoms. The van der Waals surface area contributed by atoms with E-state index in [0.29, 0.717) is 0 Å². The van der Waals surface area contributed by atoms with Crippen molar-refractivity contribution in [3.05, 3.63) is 38.8 Å². The highest BCUT2D eigenvalue weighted by Gasteiger charge is 2.15. The van der Waals surface area contributed by atoms with Crippen LogP contribution in [0.25, 0.3) is 0 Å². The average Bonchev–Trinajstić information content (AvgIpc) is 2.79. The summed E-state index contributed by atoms with van der Waals surface area (Å²) < 4.78 is 1.93. The number of hydrogen-bond donors (Lipinski definition) is 1. The number of nitrogens with zero attached hydrogens (tertiary/aromatic N) is 2. The average molecular weight is 249 g/mol. The van der Waals surface area contributed by atoms with Crippen LogP contribution in [0.15, 0.2) is 11.4 Å². The Morgan fingerprint density at radius 3 is 2.59 bits per heavy atom. The summed E-state index contributed by atoms with van der Waals surface area (Å²) in [6.45, 7) is 6.26. The van der Waals surface area contributed by atoms with Crippen molar-refractivity contribution in [1.82, 2.24) is 9.78 Å². The van der Waals surface area contributed by atoms with Crippen molar-refractivity contribution in [3.63, 3.8) is 0 Å². The van der Waals surface area contributed by atoms with Crippen molar-refractivity contribution in [2.45, 2.75) is 33.2 Å². The van der Waals surface area contributed by atoms with Gasteiger partial charge >= 0.3 is 0 Å². The fourth-order valence-corrected chi connectivity index (χ4v) is 2.88. The molecule has 2 rings (SSSR count). The first-order valence-electron chi connectivity index (χ1n) is 5.78. The van der Waals surface area contributed by atoms with Crippen LogP contribution in [0.3, 0.4) is 0 Å². The lowest BCUT2D eigenvalue weighted by Gasteiger charge is -2.10. The lowest BCUT2D eigenvalue weighted by molar-refractivity contribution is 0.709. The predicted octanol–water partition coefficient (Wildman–Crippen LogP) is 2.65. The minimum atomic E-state index is 0.0709. The quantitative estimate of drug-likeness (QED) is 0.909. The summed E-state index contributed by atoms with van der Waals surface area (Å²) in [6, 6.07) is 2.25. The van der Waals surface area contributed by atoms with E-state index in [0.717, 1.165) is 12.1 Å². The van der Waals surface area contributed by atoms with Crippen molar-refractivity contribution in [2.24, 2.45) is 12.8 Å². The van der Waals surface area contributed by atoms with Gasteiger partial charge in [0.2, 0.25) is 0 Å². The van der Waals surface area contributed by atoms with Gasteiger partial charge in [0, 0.05) is 23.7 Å². The standard InChI is InChI=1S/C13H19N3S/c1-8-5-11(7-17-8)13(14)6-12-9(2)15-16(4)10(12)3/h5,7,13H,6,14H2,1-4H3. The van der Waals surface area contributed by atoms with E-state index < -0.39 is 0 Å². The highest BCUT2D eigenvalue weighted by Crippen LogP contribution is 2.24. The van der Waals surface area contributed by atoms with Gasteiger partial charge in [-0.2, -0.15) is 5.10 Å². The van der Waals surface area contributed by atoms with Crippen molar-refractivity contribution in [1.29, 1.82) is 0 Å². The van der Waals surface area contributed by atoms with Gasteiger partial charge in [-0.15, -0.1) is 11.3 Å². The smallest absolute Gasteiger partial charge is 0.0629 e. The van der Waals surface area contributed by atoms with Gasteiger partial charge in [0.15, 0.2) is 0 Å².